The van der Waals surface area contributed by atoms with Crippen LogP contribution in [0.5, 0.6) is 11.5 Å². The summed E-state index contributed by atoms with van der Waals surface area (Å²) < 4.78 is 4.98. The highest BCUT2D eigenvalue weighted by molar-refractivity contribution is 5.97. The van der Waals surface area contributed by atoms with Crippen molar-refractivity contribution in [2.24, 2.45) is 0 Å². The van der Waals surface area contributed by atoms with Gasteiger partial charge < -0.3 is 20.3 Å². The van der Waals surface area contributed by atoms with E-state index in [1.54, 1.807) is 13.0 Å². The number of carboxylic acids is 1. The molecule has 0 bridgehead atoms. The number of aliphatic carboxylic acids is 1. The van der Waals surface area contributed by atoms with Crippen molar-refractivity contribution in [2.75, 3.05) is 7.11 Å². The van der Waals surface area contributed by atoms with Crippen LogP contribution in [0.25, 0.3) is 0 Å². The van der Waals surface area contributed by atoms with E-state index in [2.05, 4.69) is 5.32 Å². The summed E-state index contributed by atoms with van der Waals surface area (Å²) in [6, 6.07) is 4.04. The summed E-state index contributed by atoms with van der Waals surface area (Å²) in [6.45, 7) is 1.71. The summed E-state index contributed by atoms with van der Waals surface area (Å²) in [5.41, 5.74) is 0.0986. The molecule has 6 heteroatoms. The normalized spacial score (nSPS) is 11.7. The number of carboxylic acid groups (broad SMARTS) is 1. The number of aromatic hydroxyl groups is 1. The third-order valence-corrected chi connectivity index (χ3v) is 2.62. The smallest absolute Gasteiger partial charge is 0.303 e. The average Bonchev–Trinajstić information content (AvgIpc) is 2.36. The van der Waals surface area contributed by atoms with Crippen LogP contribution >= 0.6 is 0 Å². The Morgan fingerprint density at radius 2 is 2.11 bits per heavy atom. The number of amides is 1. The maximum Gasteiger partial charge on any atom is 0.303 e. The van der Waals surface area contributed by atoms with Crippen LogP contribution in [0.4, 0.5) is 0 Å². The first-order chi connectivity index (χ1) is 8.93. The van der Waals surface area contributed by atoms with Gasteiger partial charge in [-0.2, -0.15) is 0 Å². The van der Waals surface area contributed by atoms with Gasteiger partial charge in [0.15, 0.2) is 0 Å². The second-order valence-electron chi connectivity index (χ2n) is 4.19. The number of hydrogen-bond donors (Lipinski definition) is 3. The minimum Gasteiger partial charge on any atom is -0.507 e. The van der Waals surface area contributed by atoms with E-state index in [9.17, 15) is 14.7 Å². The first kappa shape index (κ1) is 14.8. The van der Waals surface area contributed by atoms with E-state index in [4.69, 9.17) is 9.84 Å². The van der Waals surface area contributed by atoms with Crippen molar-refractivity contribution in [1.29, 1.82) is 0 Å². The molecular weight excluding hydrogens is 250 g/mol. The number of phenols is 1. The molecule has 0 saturated heterocycles. The first-order valence-corrected chi connectivity index (χ1v) is 5.83. The quantitative estimate of drug-likeness (QED) is 0.723. The van der Waals surface area contributed by atoms with Gasteiger partial charge in [-0.15, -0.1) is 0 Å². The lowest BCUT2D eigenvalue weighted by Gasteiger charge is -2.14. The number of phenolic OH excluding ortho intramolecular Hbond substituents is 1. The predicted molar refractivity (Wildman–Crippen MR) is 68.5 cm³/mol. The summed E-state index contributed by atoms with van der Waals surface area (Å²) in [6.07, 6.45) is 0.303. The summed E-state index contributed by atoms with van der Waals surface area (Å²) >= 11 is 0. The van der Waals surface area contributed by atoms with Crippen LogP contribution in [0, 0.1) is 0 Å². The van der Waals surface area contributed by atoms with Gasteiger partial charge in [-0.1, -0.05) is 0 Å². The minimum atomic E-state index is -0.912. The lowest BCUT2D eigenvalue weighted by Crippen LogP contribution is -2.33. The average molecular weight is 267 g/mol. The highest BCUT2D eigenvalue weighted by Gasteiger charge is 2.15. The fourth-order valence-corrected chi connectivity index (χ4v) is 1.54. The molecule has 104 valence electrons. The van der Waals surface area contributed by atoms with Crippen molar-refractivity contribution < 1.29 is 24.5 Å². The second kappa shape index (κ2) is 6.63. The van der Waals surface area contributed by atoms with Crippen LogP contribution in [0.2, 0.25) is 0 Å². The van der Waals surface area contributed by atoms with E-state index < -0.39 is 11.9 Å². The molecule has 0 aliphatic heterocycles. The zero-order valence-corrected chi connectivity index (χ0v) is 10.8. The maximum atomic E-state index is 11.9. The van der Waals surface area contributed by atoms with Crippen molar-refractivity contribution >= 4 is 11.9 Å². The van der Waals surface area contributed by atoms with Crippen molar-refractivity contribution in [3.05, 3.63) is 23.8 Å². The fraction of sp³-hybridized carbons (Fsp3) is 0.385. The Hall–Kier alpha value is -2.24. The SMILES string of the molecule is COc1ccc(O)c(C(=O)N[C@H](C)CCC(=O)O)c1. The lowest BCUT2D eigenvalue weighted by molar-refractivity contribution is -0.137. The standard InChI is InChI=1S/C13H17NO5/c1-8(3-6-12(16)17)14-13(18)10-7-9(19-2)4-5-11(10)15/h4-5,7-8,15H,3,6H2,1-2H3,(H,14,18)(H,16,17)/t8-/m1/s1. The Morgan fingerprint density at radius 1 is 1.42 bits per heavy atom. The van der Waals surface area contributed by atoms with Crippen LogP contribution in [0.15, 0.2) is 18.2 Å². The van der Waals surface area contributed by atoms with Gasteiger partial charge in [0, 0.05) is 12.5 Å². The number of carbonyl (C=O) groups is 2. The highest BCUT2D eigenvalue weighted by atomic mass is 16.5. The van der Waals surface area contributed by atoms with Crippen LogP contribution in [0.3, 0.4) is 0 Å². The Bertz CT molecular complexity index is 472. The van der Waals surface area contributed by atoms with Gasteiger partial charge in [-0.25, -0.2) is 0 Å². The molecular formula is C13H17NO5. The number of hydrogen-bond acceptors (Lipinski definition) is 4. The molecule has 0 radical (unpaired) electrons. The molecule has 0 fully saturated rings. The maximum absolute atomic E-state index is 11.9. The van der Waals surface area contributed by atoms with Gasteiger partial charge >= 0.3 is 5.97 Å². The fourth-order valence-electron chi connectivity index (χ4n) is 1.54. The number of benzene rings is 1. The molecule has 6 nitrogen and oxygen atoms in total. The minimum absolute atomic E-state index is 0.0223. The zero-order valence-electron chi connectivity index (χ0n) is 10.8. The van der Waals surface area contributed by atoms with Crippen molar-refractivity contribution in [3.63, 3.8) is 0 Å². The van der Waals surface area contributed by atoms with Gasteiger partial charge in [-0.3, -0.25) is 9.59 Å². The molecule has 0 spiro atoms. The van der Waals surface area contributed by atoms with Gasteiger partial charge in [0.05, 0.1) is 12.7 Å². The highest BCUT2D eigenvalue weighted by Crippen LogP contribution is 2.22. The van der Waals surface area contributed by atoms with Gasteiger partial charge in [0.1, 0.15) is 11.5 Å². The van der Waals surface area contributed by atoms with Crippen molar-refractivity contribution in [2.45, 2.75) is 25.8 Å². The number of methoxy groups -OCH3 is 1. The second-order valence-corrected chi connectivity index (χ2v) is 4.19. The largest absolute Gasteiger partial charge is 0.507 e. The van der Waals surface area contributed by atoms with Gasteiger partial charge in [0.25, 0.3) is 5.91 Å². The summed E-state index contributed by atoms with van der Waals surface area (Å²) in [5.74, 6) is -1.07. The molecule has 0 aromatic heterocycles. The van der Waals surface area contributed by atoms with Crippen LogP contribution in [-0.2, 0) is 4.79 Å². The van der Waals surface area contributed by atoms with Crippen LogP contribution in [0.1, 0.15) is 30.1 Å². The molecule has 1 aromatic carbocycles. The third kappa shape index (κ3) is 4.50. The van der Waals surface area contributed by atoms with E-state index in [0.717, 1.165) is 0 Å². The number of nitrogens with one attached hydrogen (secondary N) is 1. The summed E-state index contributed by atoms with van der Waals surface area (Å²) in [4.78, 5) is 22.3. The molecule has 1 amide bonds. The van der Waals surface area contributed by atoms with Gasteiger partial charge in [-0.05, 0) is 31.5 Å². The first-order valence-electron chi connectivity index (χ1n) is 5.83. The Kier molecular flexibility index (Phi) is 5.17. The van der Waals surface area contributed by atoms with Crippen molar-refractivity contribution in [1.82, 2.24) is 5.32 Å². The number of rotatable bonds is 6. The van der Waals surface area contributed by atoms with E-state index >= 15 is 0 Å². The van der Waals surface area contributed by atoms with E-state index in [0.29, 0.717) is 12.2 Å². The molecule has 0 aliphatic rings. The molecule has 0 aliphatic carbocycles. The Labute approximate surface area is 111 Å². The van der Waals surface area contributed by atoms with Gasteiger partial charge in [0.2, 0.25) is 0 Å². The summed E-state index contributed by atoms with van der Waals surface area (Å²) in [5, 5.41) is 20.8. The third-order valence-electron chi connectivity index (χ3n) is 2.62. The molecule has 1 aromatic rings. The molecule has 0 heterocycles. The van der Waals surface area contributed by atoms with E-state index in [1.807, 2.05) is 0 Å². The molecule has 1 atom stereocenters. The zero-order chi connectivity index (χ0) is 14.4. The van der Waals surface area contributed by atoms with Crippen molar-refractivity contribution in [3.8, 4) is 11.5 Å². The topological polar surface area (TPSA) is 95.9 Å². The number of carbonyl (C=O) groups excluding carboxylic acids is 1. The number of ether oxygens (including phenoxy) is 1. The molecule has 19 heavy (non-hydrogen) atoms. The summed E-state index contributed by atoms with van der Waals surface area (Å²) in [7, 11) is 1.46. The predicted octanol–water partition coefficient (Wildman–Crippen LogP) is 1.38. The monoisotopic (exact) mass is 267 g/mol. The Morgan fingerprint density at radius 3 is 2.68 bits per heavy atom. The molecule has 3 N–H and O–H groups in total. The molecule has 0 saturated carbocycles. The Balaban J connectivity index is 2.69. The van der Waals surface area contributed by atoms with E-state index in [-0.39, 0.29) is 23.8 Å². The molecule has 1 rings (SSSR count). The van der Waals surface area contributed by atoms with Crippen LogP contribution < -0.4 is 10.1 Å². The molecule has 0 unspecified atom stereocenters. The lowest BCUT2D eigenvalue weighted by atomic mass is 10.1. The van der Waals surface area contributed by atoms with E-state index in [1.165, 1.54) is 19.2 Å². The van der Waals surface area contributed by atoms with Crippen LogP contribution in [-0.4, -0.2) is 35.2 Å².